The molecule has 0 aliphatic carbocycles. The molecule has 114 valence electrons. The fourth-order valence-electron chi connectivity index (χ4n) is 2.53. The summed E-state index contributed by atoms with van der Waals surface area (Å²) in [6.07, 6.45) is -4.32. The van der Waals surface area contributed by atoms with Crippen molar-refractivity contribution in [1.82, 2.24) is 19.8 Å². The molecule has 2 aromatic rings. The van der Waals surface area contributed by atoms with Gasteiger partial charge in [0.15, 0.2) is 0 Å². The molecule has 0 atom stereocenters. The van der Waals surface area contributed by atoms with Crippen LogP contribution in [0.1, 0.15) is 11.4 Å². The van der Waals surface area contributed by atoms with Crippen LogP contribution in [-0.2, 0) is 12.7 Å². The maximum absolute atomic E-state index is 12.7. The third kappa shape index (κ3) is 3.19. The minimum atomic E-state index is -4.32. The Balaban J connectivity index is 1.78. The number of imidazole rings is 1. The van der Waals surface area contributed by atoms with E-state index in [0.29, 0.717) is 23.4 Å². The number of likely N-dealkylation sites (N-methyl/N-ethyl adjacent to an activating group) is 1. The van der Waals surface area contributed by atoms with Crippen LogP contribution in [0.2, 0.25) is 0 Å². The summed E-state index contributed by atoms with van der Waals surface area (Å²) >= 11 is 0. The predicted molar refractivity (Wildman–Crippen MR) is 73.9 cm³/mol. The smallest absolute Gasteiger partial charge is 0.341 e. The predicted octanol–water partition coefficient (Wildman–Crippen LogP) is 2.33. The van der Waals surface area contributed by atoms with Gasteiger partial charge in [-0.25, -0.2) is 4.98 Å². The molecule has 1 aromatic carbocycles. The number of hydrogen-bond donors (Lipinski definition) is 1. The number of benzene rings is 1. The summed E-state index contributed by atoms with van der Waals surface area (Å²) in [5, 5.41) is 0. The van der Waals surface area contributed by atoms with Crippen LogP contribution in [0.15, 0.2) is 18.2 Å². The number of piperazine rings is 1. The van der Waals surface area contributed by atoms with Gasteiger partial charge in [0, 0.05) is 26.2 Å². The number of nitrogens with one attached hydrogen (secondary N) is 1. The van der Waals surface area contributed by atoms with Gasteiger partial charge in [-0.15, -0.1) is 0 Å². The largest absolute Gasteiger partial charge is 0.416 e. The molecule has 1 aliphatic heterocycles. The lowest BCUT2D eigenvalue weighted by molar-refractivity contribution is -0.137. The molecule has 0 amide bonds. The van der Waals surface area contributed by atoms with Gasteiger partial charge in [0.25, 0.3) is 0 Å². The number of hydrogen-bond acceptors (Lipinski definition) is 3. The molecule has 0 spiro atoms. The Morgan fingerprint density at radius 3 is 2.57 bits per heavy atom. The number of H-pyrrole nitrogens is 1. The Labute approximate surface area is 120 Å². The van der Waals surface area contributed by atoms with Crippen molar-refractivity contribution in [2.75, 3.05) is 33.2 Å². The highest BCUT2D eigenvalue weighted by atomic mass is 19.4. The van der Waals surface area contributed by atoms with Crippen molar-refractivity contribution in [2.24, 2.45) is 0 Å². The standard InChI is InChI=1S/C14H17F3N4/c1-20-4-6-21(7-5-20)9-13-18-11-3-2-10(14(15,16)17)8-12(11)19-13/h2-3,8H,4-7,9H2,1H3,(H,18,19). The van der Waals surface area contributed by atoms with E-state index in [2.05, 4.69) is 26.8 Å². The minimum absolute atomic E-state index is 0.439. The summed E-state index contributed by atoms with van der Waals surface area (Å²) in [4.78, 5) is 11.9. The van der Waals surface area contributed by atoms with Crippen LogP contribution < -0.4 is 0 Å². The summed E-state index contributed by atoms with van der Waals surface area (Å²) < 4.78 is 38.1. The van der Waals surface area contributed by atoms with Gasteiger partial charge in [-0.1, -0.05) is 0 Å². The molecule has 0 saturated carbocycles. The third-order valence-electron chi connectivity index (χ3n) is 3.83. The quantitative estimate of drug-likeness (QED) is 0.924. The molecule has 2 heterocycles. The molecule has 0 radical (unpaired) electrons. The molecule has 21 heavy (non-hydrogen) atoms. The monoisotopic (exact) mass is 298 g/mol. The van der Waals surface area contributed by atoms with E-state index in [-0.39, 0.29) is 0 Å². The molecule has 0 bridgehead atoms. The zero-order valence-electron chi connectivity index (χ0n) is 11.7. The number of fused-ring (bicyclic) bond motifs is 1. The van der Waals surface area contributed by atoms with Crippen LogP contribution in [0.25, 0.3) is 11.0 Å². The first-order valence-electron chi connectivity index (χ1n) is 6.88. The molecule has 1 saturated heterocycles. The molecule has 1 aromatic heterocycles. The molecule has 1 aliphatic rings. The summed E-state index contributed by atoms with van der Waals surface area (Å²) in [5.41, 5.74) is 0.367. The van der Waals surface area contributed by atoms with Gasteiger partial charge in [0.2, 0.25) is 0 Å². The average molecular weight is 298 g/mol. The summed E-state index contributed by atoms with van der Waals surface area (Å²) in [5.74, 6) is 0.717. The SMILES string of the molecule is CN1CCN(Cc2nc3ccc(C(F)(F)F)cc3[nH]2)CC1. The maximum Gasteiger partial charge on any atom is 0.416 e. The Morgan fingerprint density at radius 1 is 1.19 bits per heavy atom. The first-order valence-corrected chi connectivity index (χ1v) is 6.88. The van der Waals surface area contributed by atoms with Crippen molar-refractivity contribution in [3.63, 3.8) is 0 Å². The number of nitrogens with zero attached hydrogens (tertiary/aromatic N) is 3. The minimum Gasteiger partial charge on any atom is -0.341 e. The van der Waals surface area contributed by atoms with E-state index in [1.54, 1.807) is 0 Å². The lowest BCUT2D eigenvalue weighted by atomic mass is 10.2. The molecule has 3 rings (SSSR count). The van der Waals surface area contributed by atoms with Crippen LogP contribution in [0.3, 0.4) is 0 Å². The second-order valence-electron chi connectivity index (χ2n) is 5.49. The van der Waals surface area contributed by atoms with E-state index in [1.165, 1.54) is 6.07 Å². The van der Waals surface area contributed by atoms with Gasteiger partial charge in [-0.05, 0) is 25.2 Å². The highest BCUT2D eigenvalue weighted by Gasteiger charge is 2.30. The molecule has 4 nitrogen and oxygen atoms in total. The molecular formula is C14H17F3N4. The van der Waals surface area contributed by atoms with Gasteiger partial charge >= 0.3 is 6.18 Å². The van der Waals surface area contributed by atoms with Crippen molar-refractivity contribution < 1.29 is 13.2 Å². The number of aromatic nitrogens is 2. The molecule has 0 unspecified atom stereocenters. The highest BCUT2D eigenvalue weighted by molar-refractivity contribution is 5.76. The zero-order chi connectivity index (χ0) is 15.0. The van der Waals surface area contributed by atoms with Crippen LogP contribution in [0.5, 0.6) is 0 Å². The molecule has 7 heteroatoms. The Morgan fingerprint density at radius 2 is 1.90 bits per heavy atom. The average Bonchev–Trinajstić information content (AvgIpc) is 2.81. The normalized spacial score (nSPS) is 18.5. The van der Waals surface area contributed by atoms with Gasteiger partial charge < -0.3 is 9.88 Å². The number of rotatable bonds is 2. The summed E-state index contributed by atoms with van der Waals surface area (Å²) in [6.45, 7) is 4.53. The van der Waals surface area contributed by atoms with Crippen molar-refractivity contribution in [3.05, 3.63) is 29.6 Å². The summed E-state index contributed by atoms with van der Waals surface area (Å²) in [6, 6.07) is 3.61. The molecule has 1 fully saturated rings. The number of halogens is 3. The zero-order valence-corrected chi connectivity index (χ0v) is 11.7. The first kappa shape index (κ1) is 14.3. The lowest BCUT2D eigenvalue weighted by Crippen LogP contribution is -2.44. The van der Waals surface area contributed by atoms with Gasteiger partial charge in [0.1, 0.15) is 5.82 Å². The van der Waals surface area contributed by atoms with Crippen molar-refractivity contribution in [1.29, 1.82) is 0 Å². The van der Waals surface area contributed by atoms with Gasteiger partial charge in [-0.3, -0.25) is 4.90 Å². The Bertz CT molecular complexity index is 627. The van der Waals surface area contributed by atoms with E-state index in [4.69, 9.17) is 0 Å². The fourth-order valence-corrected chi connectivity index (χ4v) is 2.53. The van der Waals surface area contributed by atoms with Gasteiger partial charge in [-0.2, -0.15) is 13.2 Å². The van der Waals surface area contributed by atoms with E-state index in [0.717, 1.165) is 38.3 Å². The number of aromatic amines is 1. The van der Waals surface area contributed by atoms with Crippen LogP contribution in [-0.4, -0.2) is 53.0 Å². The maximum atomic E-state index is 12.7. The topological polar surface area (TPSA) is 35.2 Å². The lowest BCUT2D eigenvalue weighted by Gasteiger charge is -2.31. The summed E-state index contributed by atoms with van der Waals surface area (Å²) in [7, 11) is 2.08. The fraction of sp³-hybridized carbons (Fsp3) is 0.500. The highest BCUT2D eigenvalue weighted by Crippen LogP contribution is 2.30. The molecule has 1 N–H and O–H groups in total. The third-order valence-corrected chi connectivity index (χ3v) is 3.83. The van der Waals surface area contributed by atoms with Gasteiger partial charge in [0.05, 0.1) is 23.1 Å². The second kappa shape index (κ2) is 5.31. The first-order chi connectivity index (χ1) is 9.91. The number of alkyl halides is 3. The van der Waals surface area contributed by atoms with Crippen molar-refractivity contribution in [3.8, 4) is 0 Å². The van der Waals surface area contributed by atoms with E-state index < -0.39 is 11.7 Å². The Kier molecular flexibility index (Phi) is 3.62. The van der Waals surface area contributed by atoms with E-state index in [1.807, 2.05) is 0 Å². The van der Waals surface area contributed by atoms with Crippen molar-refractivity contribution >= 4 is 11.0 Å². The Hall–Kier alpha value is -1.60. The van der Waals surface area contributed by atoms with E-state index >= 15 is 0 Å². The molecular weight excluding hydrogens is 281 g/mol. The van der Waals surface area contributed by atoms with Crippen molar-refractivity contribution in [2.45, 2.75) is 12.7 Å². The van der Waals surface area contributed by atoms with Crippen LogP contribution >= 0.6 is 0 Å². The van der Waals surface area contributed by atoms with Crippen LogP contribution in [0, 0.1) is 0 Å². The second-order valence-corrected chi connectivity index (χ2v) is 5.49. The van der Waals surface area contributed by atoms with E-state index in [9.17, 15) is 13.2 Å². The van der Waals surface area contributed by atoms with Crippen LogP contribution in [0.4, 0.5) is 13.2 Å².